The Bertz CT molecular complexity index is 486. The van der Waals surface area contributed by atoms with Crippen molar-refractivity contribution in [3.05, 3.63) is 38.9 Å². The van der Waals surface area contributed by atoms with Gasteiger partial charge in [0, 0.05) is 17.5 Å². The summed E-state index contributed by atoms with van der Waals surface area (Å²) in [6, 6.07) is 5.99. The number of nitrogens with two attached hydrogens (primary N) is 1. The maximum absolute atomic E-state index is 5.47. The molecule has 2 rings (SSSR count). The second kappa shape index (κ2) is 6.09. The Kier molecular flexibility index (Phi) is 4.47. The van der Waals surface area contributed by atoms with Gasteiger partial charge in [0.1, 0.15) is 11.6 Å². The van der Waals surface area contributed by atoms with Gasteiger partial charge in [-0.3, -0.25) is 0 Å². The first-order chi connectivity index (χ1) is 8.28. The van der Waals surface area contributed by atoms with Gasteiger partial charge in [-0.25, -0.2) is 9.97 Å². The van der Waals surface area contributed by atoms with Gasteiger partial charge in [0.25, 0.3) is 0 Å². The molecular formula is C11H13BrN4S. The fraction of sp³-hybridized carbons (Fsp3) is 0.273. The third-order valence-electron chi connectivity index (χ3n) is 2.15. The van der Waals surface area contributed by atoms with Crippen molar-refractivity contribution in [1.29, 1.82) is 0 Å². The molecule has 0 saturated carbocycles. The van der Waals surface area contributed by atoms with Gasteiger partial charge < -0.3 is 11.1 Å². The van der Waals surface area contributed by atoms with Gasteiger partial charge in [0.05, 0.1) is 10.3 Å². The van der Waals surface area contributed by atoms with Crippen LogP contribution < -0.4 is 11.1 Å². The number of nitrogens with zero attached hydrogens (tertiary/aromatic N) is 2. The fourth-order valence-corrected chi connectivity index (χ4v) is 2.79. The molecule has 0 spiro atoms. The minimum Gasteiger partial charge on any atom is -0.365 e. The Balaban J connectivity index is 1.96. The number of nitrogens with one attached hydrogen (secondary N) is 1. The standard InChI is InChI=1S/C11H13BrN4S/c12-9-2-1-8(17-9)7-15-11-4-6-14-10(16-11)3-5-13/h1-2,4,6H,3,5,7,13H2,(H,14,15,16). The molecule has 90 valence electrons. The summed E-state index contributed by atoms with van der Waals surface area (Å²) in [6.45, 7) is 1.34. The molecule has 0 radical (unpaired) electrons. The van der Waals surface area contributed by atoms with Gasteiger partial charge in [-0.2, -0.15) is 0 Å². The van der Waals surface area contributed by atoms with E-state index in [0.29, 0.717) is 13.0 Å². The highest BCUT2D eigenvalue weighted by Crippen LogP contribution is 2.22. The van der Waals surface area contributed by atoms with Crippen molar-refractivity contribution in [3.63, 3.8) is 0 Å². The van der Waals surface area contributed by atoms with Gasteiger partial charge >= 0.3 is 0 Å². The first-order valence-corrected chi connectivity index (χ1v) is 6.89. The van der Waals surface area contributed by atoms with Crippen molar-refractivity contribution in [2.75, 3.05) is 11.9 Å². The molecule has 0 fully saturated rings. The average Bonchev–Trinajstić information content (AvgIpc) is 2.74. The van der Waals surface area contributed by atoms with Gasteiger partial charge in [-0.15, -0.1) is 11.3 Å². The van der Waals surface area contributed by atoms with Crippen molar-refractivity contribution in [2.24, 2.45) is 5.73 Å². The lowest BCUT2D eigenvalue weighted by Crippen LogP contribution is -2.08. The molecule has 0 aliphatic rings. The Hall–Kier alpha value is -0.980. The predicted molar refractivity (Wildman–Crippen MR) is 74.1 cm³/mol. The van der Waals surface area contributed by atoms with E-state index in [1.54, 1.807) is 17.5 Å². The molecule has 2 heterocycles. The minimum atomic E-state index is 0.571. The SMILES string of the molecule is NCCc1nccc(NCc2ccc(Br)s2)n1. The summed E-state index contributed by atoms with van der Waals surface area (Å²) in [6.07, 6.45) is 2.46. The van der Waals surface area contributed by atoms with E-state index in [9.17, 15) is 0 Å². The molecule has 0 aliphatic carbocycles. The van der Waals surface area contributed by atoms with Crippen LogP contribution in [0.3, 0.4) is 0 Å². The van der Waals surface area contributed by atoms with Gasteiger partial charge in [0.15, 0.2) is 0 Å². The molecule has 0 bridgehead atoms. The quantitative estimate of drug-likeness (QED) is 0.890. The van der Waals surface area contributed by atoms with Gasteiger partial charge in [-0.05, 0) is 40.7 Å². The lowest BCUT2D eigenvalue weighted by molar-refractivity contribution is 0.866. The van der Waals surface area contributed by atoms with E-state index < -0.39 is 0 Å². The first kappa shape index (κ1) is 12.5. The molecule has 3 N–H and O–H groups in total. The maximum atomic E-state index is 5.47. The Morgan fingerprint density at radius 1 is 1.35 bits per heavy atom. The van der Waals surface area contributed by atoms with Crippen molar-refractivity contribution < 1.29 is 0 Å². The summed E-state index contributed by atoms with van der Waals surface area (Å²) in [5.74, 6) is 1.62. The summed E-state index contributed by atoms with van der Waals surface area (Å²) in [4.78, 5) is 9.79. The second-order valence-corrected chi connectivity index (χ2v) is 6.00. The summed E-state index contributed by atoms with van der Waals surface area (Å²) in [7, 11) is 0. The number of halogens is 1. The lowest BCUT2D eigenvalue weighted by atomic mass is 10.4. The van der Waals surface area contributed by atoms with Crippen molar-refractivity contribution in [2.45, 2.75) is 13.0 Å². The number of hydrogen-bond donors (Lipinski definition) is 2. The Labute approximate surface area is 112 Å². The lowest BCUT2D eigenvalue weighted by Gasteiger charge is -2.05. The minimum absolute atomic E-state index is 0.571. The fourth-order valence-electron chi connectivity index (χ4n) is 1.37. The number of aromatic nitrogens is 2. The highest BCUT2D eigenvalue weighted by atomic mass is 79.9. The van der Waals surface area contributed by atoms with Crippen LogP contribution in [0, 0.1) is 0 Å². The van der Waals surface area contributed by atoms with Crippen LogP contribution in [0.2, 0.25) is 0 Å². The Morgan fingerprint density at radius 2 is 2.24 bits per heavy atom. The maximum Gasteiger partial charge on any atom is 0.131 e. The van der Waals surface area contributed by atoms with Gasteiger partial charge in [-0.1, -0.05) is 0 Å². The van der Waals surface area contributed by atoms with Crippen LogP contribution in [0.25, 0.3) is 0 Å². The van der Waals surface area contributed by atoms with Gasteiger partial charge in [0.2, 0.25) is 0 Å². The van der Waals surface area contributed by atoms with Crippen LogP contribution in [0.15, 0.2) is 28.2 Å². The Morgan fingerprint density at radius 3 is 2.94 bits per heavy atom. The average molecular weight is 313 g/mol. The van der Waals surface area contributed by atoms with E-state index in [0.717, 1.165) is 22.0 Å². The molecule has 4 nitrogen and oxygen atoms in total. The largest absolute Gasteiger partial charge is 0.365 e. The second-order valence-electron chi connectivity index (χ2n) is 3.46. The zero-order chi connectivity index (χ0) is 12.1. The van der Waals surface area contributed by atoms with Crippen molar-refractivity contribution in [1.82, 2.24) is 9.97 Å². The summed E-state index contributed by atoms with van der Waals surface area (Å²) < 4.78 is 1.14. The van der Waals surface area contributed by atoms with Crippen LogP contribution in [0.1, 0.15) is 10.7 Å². The van der Waals surface area contributed by atoms with Crippen LogP contribution in [0.4, 0.5) is 5.82 Å². The van der Waals surface area contributed by atoms with E-state index in [4.69, 9.17) is 5.73 Å². The predicted octanol–water partition coefficient (Wildman–Crippen LogP) is 2.41. The van der Waals surface area contributed by atoms with E-state index in [2.05, 4.69) is 37.3 Å². The zero-order valence-corrected chi connectivity index (χ0v) is 11.6. The van der Waals surface area contributed by atoms with Crippen molar-refractivity contribution in [3.8, 4) is 0 Å². The molecule has 6 heteroatoms. The molecule has 0 atom stereocenters. The molecule has 0 aliphatic heterocycles. The monoisotopic (exact) mass is 312 g/mol. The van der Waals surface area contributed by atoms with E-state index >= 15 is 0 Å². The molecule has 2 aromatic heterocycles. The van der Waals surface area contributed by atoms with E-state index in [-0.39, 0.29) is 0 Å². The van der Waals surface area contributed by atoms with Crippen LogP contribution in [-0.2, 0) is 13.0 Å². The number of thiophene rings is 1. The third kappa shape index (κ3) is 3.76. The van der Waals surface area contributed by atoms with E-state index in [1.165, 1.54) is 4.88 Å². The van der Waals surface area contributed by atoms with Crippen LogP contribution >= 0.6 is 27.3 Å². The molecule has 0 unspecified atom stereocenters. The molecule has 17 heavy (non-hydrogen) atoms. The summed E-state index contributed by atoms with van der Waals surface area (Å²) in [5, 5.41) is 3.27. The topological polar surface area (TPSA) is 63.8 Å². The highest BCUT2D eigenvalue weighted by Gasteiger charge is 2.00. The molecule has 0 aromatic carbocycles. The first-order valence-electron chi connectivity index (χ1n) is 5.28. The molecule has 0 amide bonds. The summed E-state index contributed by atoms with van der Waals surface area (Å²) >= 11 is 5.15. The van der Waals surface area contributed by atoms with Crippen molar-refractivity contribution >= 4 is 33.1 Å². The van der Waals surface area contributed by atoms with E-state index in [1.807, 2.05) is 12.1 Å². The van der Waals surface area contributed by atoms with Crippen LogP contribution in [0.5, 0.6) is 0 Å². The third-order valence-corrected chi connectivity index (χ3v) is 3.77. The molecular weight excluding hydrogens is 300 g/mol. The highest BCUT2D eigenvalue weighted by molar-refractivity contribution is 9.11. The molecule has 0 saturated heterocycles. The molecule has 2 aromatic rings. The summed E-state index contributed by atoms with van der Waals surface area (Å²) in [5.41, 5.74) is 5.47. The number of rotatable bonds is 5. The number of hydrogen-bond acceptors (Lipinski definition) is 5. The smallest absolute Gasteiger partial charge is 0.131 e. The zero-order valence-electron chi connectivity index (χ0n) is 9.19. The normalized spacial score (nSPS) is 10.5. The van der Waals surface area contributed by atoms with Crippen LogP contribution in [-0.4, -0.2) is 16.5 Å². The number of anilines is 1.